The molecule has 0 bridgehead atoms. The van der Waals surface area contributed by atoms with Crippen LogP contribution in [0.25, 0.3) is 0 Å². The maximum atomic E-state index is 12.6. The van der Waals surface area contributed by atoms with Crippen LogP contribution in [0.1, 0.15) is 17.0 Å². The van der Waals surface area contributed by atoms with E-state index in [1.807, 2.05) is 35.5 Å². The summed E-state index contributed by atoms with van der Waals surface area (Å²) >= 11 is 1.72. The molecule has 4 heteroatoms. The van der Waals surface area contributed by atoms with Crippen LogP contribution in [-0.4, -0.2) is 34.1 Å². The molecule has 0 N–H and O–H groups in total. The van der Waals surface area contributed by atoms with E-state index >= 15 is 0 Å². The molecule has 1 aromatic carbocycles. The lowest BCUT2D eigenvalue weighted by molar-refractivity contribution is -0.134. The highest BCUT2D eigenvalue weighted by Gasteiger charge is 2.37. The summed E-state index contributed by atoms with van der Waals surface area (Å²) in [5.74, 6) is 0.771. The molecule has 1 unspecified atom stereocenters. The van der Waals surface area contributed by atoms with Crippen LogP contribution < -0.4 is 0 Å². The third-order valence-electron chi connectivity index (χ3n) is 4.29. The average molecular weight is 296 g/mol. The lowest BCUT2D eigenvalue weighted by Crippen LogP contribution is -2.51. The van der Waals surface area contributed by atoms with Crippen LogP contribution in [0.15, 0.2) is 53.7 Å². The SMILES string of the molecule is O=C(C1Cc2ccccc2S1)N1CC(c2ccncc2)C1. The number of likely N-dealkylation sites (tertiary alicyclic amines) is 1. The highest BCUT2D eigenvalue weighted by atomic mass is 32.2. The molecule has 2 aliphatic heterocycles. The van der Waals surface area contributed by atoms with Crippen LogP contribution in [0, 0.1) is 0 Å². The molecule has 1 fully saturated rings. The van der Waals surface area contributed by atoms with Gasteiger partial charge in [-0.25, -0.2) is 0 Å². The average Bonchev–Trinajstić information content (AvgIpc) is 2.90. The molecule has 2 aliphatic rings. The number of thioether (sulfide) groups is 1. The third kappa shape index (κ3) is 2.33. The largest absolute Gasteiger partial charge is 0.340 e. The van der Waals surface area contributed by atoms with Crippen LogP contribution in [0.3, 0.4) is 0 Å². The molecule has 0 saturated carbocycles. The second-order valence-corrected chi connectivity index (χ2v) is 6.88. The number of fused-ring (bicyclic) bond motifs is 1. The zero-order valence-electron chi connectivity index (χ0n) is 11.6. The first-order chi connectivity index (χ1) is 10.3. The van der Waals surface area contributed by atoms with Gasteiger partial charge in [0.15, 0.2) is 0 Å². The van der Waals surface area contributed by atoms with Gasteiger partial charge >= 0.3 is 0 Å². The van der Waals surface area contributed by atoms with Crippen LogP contribution in [-0.2, 0) is 11.2 Å². The Morgan fingerprint density at radius 1 is 1.14 bits per heavy atom. The number of hydrogen-bond acceptors (Lipinski definition) is 3. The Hall–Kier alpha value is -1.81. The monoisotopic (exact) mass is 296 g/mol. The summed E-state index contributed by atoms with van der Waals surface area (Å²) in [6.07, 6.45) is 4.52. The Bertz CT molecular complexity index is 643. The van der Waals surface area contributed by atoms with E-state index in [1.165, 1.54) is 16.0 Å². The number of pyridine rings is 1. The molecular weight excluding hydrogens is 280 g/mol. The summed E-state index contributed by atoms with van der Waals surface area (Å²) in [5.41, 5.74) is 2.60. The molecule has 0 spiro atoms. The van der Waals surface area contributed by atoms with Crippen molar-refractivity contribution in [1.82, 2.24) is 9.88 Å². The van der Waals surface area contributed by atoms with Crippen molar-refractivity contribution in [3.63, 3.8) is 0 Å². The van der Waals surface area contributed by atoms with E-state index in [4.69, 9.17) is 0 Å². The fraction of sp³-hybridized carbons (Fsp3) is 0.294. The van der Waals surface area contributed by atoms with Crippen molar-refractivity contribution in [3.8, 4) is 0 Å². The first kappa shape index (κ1) is 12.9. The molecule has 0 aliphatic carbocycles. The Labute approximate surface area is 128 Å². The maximum Gasteiger partial charge on any atom is 0.236 e. The van der Waals surface area contributed by atoms with Gasteiger partial charge in [-0.3, -0.25) is 9.78 Å². The minimum absolute atomic E-state index is 0.0702. The zero-order chi connectivity index (χ0) is 14.2. The van der Waals surface area contributed by atoms with Gasteiger partial charge in [-0.15, -0.1) is 11.8 Å². The topological polar surface area (TPSA) is 33.2 Å². The molecule has 3 nitrogen and oxygen atoms in total. The number of amides is 1. The first-order valence-corrected chi connectivity index (χ1v) is 8.12. The number of hydrogen-bond donors (Lipinski definition) is 0. The van der Waals surface area contributed by atoms with Gasteiger partial charge in [0.1, 0.15) is 0 Å². The van der Waals surface area contributed by atoms with E-state index < -0.39 is 0 Å². The van der Waals surface area contributed by atoms with Gasteiger partial charge in [-0.1, -0.05) is 18.2 Å². The van der Waals surface area contributed by atoms with Crippen molar-refractivity contribution >= 4 is 17.7 Å². The van der Waals surface area contributed by atoms with Gasteiger partial charge in [-0.05, 0) is 35.7 Å². The lowest BCUT2D eigenvalue weighted by Gasteiger charge is -2.40. The van der Waals surface area contributed by atoms with E-state index in [2.05, 4.69) is 23.2 Å². The van der Waals surface area contributed by atoms with Crippen molar-refractivity contribution in [3.05, 3.63) is 59.9 Å². The fourth-order valence-electron chi connectivity index (χ4n) is 3.03. The molecule has 3 heterocycles. The molecule has 1 amide bonds. The Kier molecular flexibility index (Phi) is 3.19. The summed E-state index contributed by atoms with van der Waals surface area (Å²) in [6.45, 7) is 1.69. The van der Waals surface area contributed by atoms with Gasteiger partial charge in [0, 0.05) is 36.3 Å². The van der Waals surface area contributed by atoms with Crippen molar-refractivity contribution in [2.45, 2.75) is 22.5 Å². The molecule has 106 valence electrons. The van der Waals surface area contributed by atoms with E-state index in [0.29, 0.717) is 11.8 Å². The van der Waals surface area contributed by atoms with Crippen LogP contribution in [0.5, 0.6) is 0 Å². The van der Waals surface area contributed by atoms with Gasteiger partial charge in [0.2, 0.25) is 5.91 Å². The first-order valence-electron chi connectivity index (χ1n) is 7.24. The lowest BCUT2D eigenvalue weighted by atomic mass is 9.91. The quantitative estimate of drug-likeness (QED) is 0.854. The summed E-state index contributed by atoms with van der Waals surface area (Å²) < 4.78 is 0. The number of benzene rings is 1. The van der Waals surface area contributed by atoms with E-state index in [-0.39, 0.29) is 5.25 Å². The summed E-state index contributed by atoms with van der Waals surface area (Å²) in [4.78, 5) is 19.9. The van der Waals surface area contributed by atoms with Gasteiger partial charge in [0.25, 0.3) is 0 Å². The minimum Gasteiger partial charge on any atom is -0.340 e. The number of rotatable bonds is 2. The highest BCUT2D eigenvalue weighted by molar-refractivity contribution is 8.01. The molecule has 2 aromatic rings. The van der Waals surface area contributed by atoms with Gasteiger partial charge < -0.3 is 4.90 Å². The molecule has 0 radical (unpaired) electrons. The van der Waals surface area contributed by atoms with E-state index in [1.54, 1.807) is 11.8 Å². The molecule has 1 saturated heterocycles. The molecule has 21 heavy (non-hydrogen) atoms. The Morgan fingerprint density at radius 2 is 1.90 bits per heavy atom. The summed E-state index contributed by atoms with van der Waals surface area (Å²) in [7, 11) is 0. The molecule has 1 atom stereocenters. The van der Waals surface area contributed by atoms with Crippen LogP contribution >= 0.6 is 11.8 Å². The second kappa shape index (κ2) is 5.19. The van der Waals surface area contributed by atoms with Crippen LogP contribution in [0.2, 0.25) is 0 Å². The summed E-state index contributed by atoms with van der Waals surface area (Å²) in [6, 6.07) is 12.4. The molecular formula is C17H16N2OS. The summed E-state index contributed by atoms with van der Waals surface area (Å²) in [5, 5.41) is 0.0702. The predicted molar refractivity (Wildman–Crippen MR) is 83.3 cm³/mol. The Balaban J connectivity index is 1.38. The standard InChI is InChI=1S/C17H16N2OS/c20-17(16-9-13-3-1-2-4-15(13)21-16)19-10-14(11-19)12-5-7-18-8-6-12/h1-8,14,16H,9-11H2. The minimum atomic E-state index is 0.0702. The highest BCUT2D eigenvalue weighted by Crippen LogP contribution is 2.39. The van der Waals surface area contributed by atoms with E-state index in [9.17, 15) is 4.79 Å². The second-order valence-electron chi connectivity index (χ2n) is 5.64. The molecule has 1 aromatic heterocycles. The van der Waals surface area contributed by atoms with Gasteiger partial charge in [0.05, 0.1) is 5.25 Å². The smallest absolute Gasteiger partial charge is 0.236 e. The van der Waals surface area contributed by atoms with Crippen molar-refractivity contribution in [2.75, 3.05) is 13.1 Å². The normalized spacial score (nSPS) is 21.0. The number of carbonyl (C=O) groups is 1. The van der Waals surface area contributed by atoms with E-state index in [0.717, 1.165) is 19.5 Å². The van der Waals surface area contributed by atoms with Crippen LogP contribution in [0.4, 0.5) is 0 Å². The molecule has 4 rings (SSSR count). The number of nitrogens with zero attached hydrogens (tertiary/aromatic N) is 2. The van der Waals surface area contributed by atoms with Crippen molar-refractivity contribution < 1.29 is 4.79 Å². The number of carbonyl (C=O) groups excluding carboxylic acids is 1. The van der Waals surface area contributed by atoms with Gasteiger partial charge in [-0.2, -0.15) is 0 Å². The maximum absolute atomic E-state index is 12.6. The Morgan fingerprint density at radius 3 is 2.67 bits per heavy atom. The predicted octanol–water partition coefficient (Wildman–Crippen LogP) is 2.72. The van der Waals surface area contributed by atoms with Crippen molar-refractivity contribution in [2.24, 2.45) is 0 Å². The fourth-order valence-corrected chi connectivity index (χ4v) is 4.31. The van der Waals surface area contributed by atoms with Crippen molar-refractivity contribution in [1.29, 1.82) is 0 Å². The number of aromatic nitrogens is 1. The zero-order valence-corrected chi connectivity index (χ0v) is 12.4. The third-order valence-corrected chi connectivity index (χ3v) is 5.60.